The number of fused-ring (bicyclic) bond motifs is 1. The molecule has 126 valence electrons. The maximum atomic E-state index is 14.4. The standard InChI is InChI=1S/C20H18F4/c1-2-3-4-12-9-17(22)19(18(23)10-12)14-6-5-13-7-8-16(21)20(24)15(13)11-14/h2,7-10,14H,1,3-6,11H2. The zero-order valence-electron chi connectivity index (χ0n) is 13.2. The average molecular weight is 334 g/mol. The molecule has 0 amide bonds. The van der Waals surface area contributed by atoms with Crippen molar-refractivity contribution in [2.75, 3.05) is 0 Å². The van der Waals surface area contributed by atoms with Crippen molar-refractivity contribution in [1.29, 1.82) is 0 Å². The van der Waals surface area contributed by atoms with Crippen molar-refractivity contribution in [3.8, 4) is 0 Å². The predicted molar refractivity (Wildman–Crippen MR) is 86.0 cm³/mol. The van der Waals surface area contributed by atoms with Gasteiger partial charge in [-0.1, -0.05) is 12.1 Å². The van der Waals surface area contributed by atoms with E-state index < -0.39 is 29.2 Å². The van der Waals surface area contributed by atoms with Crippen LogP contribution in [0.4, 0.5) is 17.6 Å². The van der Waals surface area contributed by atoms with Crippen molar-refractivity contribution >= 4 is 0 Å². The summed E-state index contributed by atoms with van der Waals surface area (Å²) in [4.78, 5) is 0. The first-order chi connectivity index (χ1) is 11.5. The van der Waals surface area contributed by atoms with Crippen molar-refractivity contribution < 1.29 is 17.6 Å². The monoisotopic (exact) mass is 334 g/mol. The van der Waals surface area contributed by atoms with Crippen LogP contribution >= 0.6 is 0 Å². The van der Waals surface area contributed by atoms with Gasteiger partial charge in [0.2, 0.25) is 0 Å². The molecule has 3 rings (SSSR count). The van der Waals surface area contributed by atoms with Gasteiger partial charge in [-0.15, -0.1) is 6.58 Å². The van der Waals surface area contributed by atoms with Crippen LogP contribution in [0.25, 0.3) is 0 Å². The van der Waals surface area contributed by atoms with Crippen LogP contribution in [0.2, 0.25) is 0 Å². The number of benzene rings is 2. The van der Waals surface area contributed by atoms with Gasteiger partial charge in [0.1, 0.15) is 11.6 Å². The van der Waals surface area contributed by atoms with Crippen molar-refractivity contribution in [2.45, 2.75) is 38.0 Å². The zero-order chi connectivity index (χ0) is 17.3. The number of halogens is 4. The second-order valence-corrected chi connectivity index (χ2v) is 6.24. The Hall–Kier alpha value is -2.10. The molecular formula is C20H18F4. The van der Waals surface area contributed by atoms with Crippen LogP contribution < -0.4 is 0 Å². The predicted octanol–water partition coefficient (Wildman–Crippen LogP) is 5.63. The van der Waals surface area contributed by atoms with Gasteiger partial charge in [-0.2, -0.15) is 0 Å². The van der Waals surface area contributed by atoms with Gasteiger partial charge in [-0.3, -0.25) is 0 Å². The Balaban J connectivity index is 1.93. The van der Waals surface area contributed by atoms with Gasteiger partial charge in [-0.05, 0) is 72.9 Å². The second kappa shape index (κ2) is 6.80. The van der Waals surface area contributed by atoms with Crippen molar-refractivity contribution in [2.24, 2.45) is 0 Å². The molecule has 1 aliphatic carbocycles. The molecule has 2 aromatic rings. The van der Waals surface area contributed by atoms with Gasteiger partial charge >= 0.3 is 0 Å². The van der Waals surface area contributed by atoms with Crippen LogP contribution in [-0.4, -0.2) is 0 Å². The highest BCUT2D eigenvalue weighted by Gasteiger charge is 2.28. The lowest BCUT2D eigenvalue weighted by molar-refractivity contribution is 0.457. The molecule has 0 fully saturated rings. The molecule has 0 N–H and O–H groups in total. The van der Waals surface area contributed by atoms with E-state index >= 15 is 0 Å². The molecule has 4 heteroatoms. The molecule has 0 aromatic heterocycles. The molecule has 1 unspecified atom stereocenters. The molecule has 0 nitrogen and oxygen atoms in total. The normalized spacial score (nSPS) is 16.8. The minimum absolute atomic E-state index is 0.0216. The SMILES string of the molecule is C=CCCc1cc(F)c(C2CCc3ccc(F)c(F)c3C2)c(F)c1. The Labute approximate surface area is 138 Å². The quantitative estimate of drug-likeness (QED) is 0.502. The minimum atomic E-state index is -0.921. The summed E-state index contributed by atoms with van der Waals surface area (Å²) in [5.41, 5.74) is 1.50. The fraction of sp³-hybridized carbons (Fsp3) is 0.300. The maximum absolute atomic E-state index is 14.4. The molecule has 0 saturated heterocycles. The van der Waals surface area contributed by atoms with E-state index in [1.165, 1.54) is 12.1 Å². The summed E-state index contributed by atoms with van der Waals surface area (Å²) in [5, 5.41) is 0. The lowest BCUT2D eigenvalue weighted by atomic mass is 9.79. The first-order valence-corrected chi connectivity index (χ1v) is 8.05. The van der Waals surface area contributed by atoms with Gasteiger partial charge in [0.25, 0.3) is 0 Å². The molecule has 0 aliphatic heterocycles. The van der Waals surface area contributed by atoms with E-state index in [4.69, 9.17) is 0 Å². The van der Waals surface area contributed by atoms with Crippen LogP contribution in [0.3, 0.4) is 0 Å². The van der Waals surface area contributed by atoms with E-state index in [0.717, 1.165) is 6.07 Å². The van der Waals surface area contributed by atoms with E-state index in [1.807, 2.05) is 0 Å². The van der Waals surface area contributed by atoms with Crippen LogP contribution in [0.15, 0.2) is 36.9 Å². The Morgan fingerprint density at radius 1 is 1.04 bits per heavy atom. The fourth-order valence-corrected chi connectivity index (χ4v) is 3.45. The summed E-state index contributed by atoms with van der Waals surface area (Å²) in [5.74, 6) is -3.53. The Bertz CT molecular complexity index is 756. The Morgan fingerprint density at radius 3 is 2.42 bits per heavy atom. The molecule has 0 spiro atoms. The number of allylic oxidation sites excluding steroid dienone is 1. The first kappa shape index (κ1) is 16.7. The largest absolute Gasteiger partial charge is 0.207 e. The highest BCUT2D eigenvalue weighted by atomic mass is 19.2. The molecule has 1 atom stereocenters. The van der Waals surface area contributed by atoms with Crippen LogP contribution in [-0.2, 0) is 19.3 Å². The van der Waals surface area contributed by atoms with E-state index in [-0.39, 0.29) is 17.5 Å². The average Bonchev–Trinajstić information content (AvgIpc) is 2.56. The van der Waals surface area contributed by atoms with E-state index in [0.29, 0.717) is 36.8 Å². The van der Waals surface area contributed by atoms with Gasteiger partial charge in [-0.25, -0.2) is 17.6 Å². The molecule has 0 saturated carbocycles. The highest BCUT2D eigenvalue weighted by molar-refractivity contribution is 5.37. The van der Waals surface area contributed by atoms with Gasteiger partial charge in [0.15, 0.2) is 11.6 Å². The summed E-state index contributed by atoms with van der Waals surface area (Å²) >= 11 is 0. The van der Waals surface area contributed by atoms with Gasteiger partial charge < -0.3 is 0 Å². The lowest BCUT2D eigenvalue weighted by Gasteiger charge is -2.26. The van der Waals surface area contributed by atoms with Crippen molar-refractivity contribution in [3.05, 3.63) is 82.4 Å². The smallest absolute Gasteiger partial charge is 0.162 e. The van der Waals surface area contributed by atoms with Crippen LogP contribution in [0.1, 0.15) is 41.0 Å². The summed E-state index contributed by atoms with van der Waals surface area (Å²) in [6.07, 6.45) is 3.95. The van der Waals surface area contributed by atoms with Crippen LogP contribution in [0, 0.1) is 23.3 Å². The lowest BCUT2D eigenvalue weighted by Crippen LogP contribution is -2.17. The number of rotatable bonds is 4. The van der Waals surface area contributed by atoms with Gasteiger partial charge in [0.05, 0.1) is 0 Å². The Kier molecular flexibility index (Phi) is 4.74. The van der Waals surface area contributed by atoms with E-state index in [2.05, 4.69) is 6.58 Å². The molecule has 0 bridgehead atoms. The summed E-state index contributed by atoms with van der Waals surface area (Å²) in [7, 11) is 0. The van der Waals surface area contributed by atoms with E-state index in [1.54, 1.807) is 12.1 Å². The minimum Gasteiger partial charge on any atom is -0.207 e. The second-order valence-electron chi connectivity index (χ2n) is 6.24. The molecule has 24 heavy (non-hydrogen) atoms. The number of aryl methyl sites for hydroxylation is 2. The molecule has 0 radical (unpaired) electrons. The first-order valence-electron chi connectivity index (χ1n) is 8.05. The summed E-state index contributed by atoms with van der Waals surface area (Å²) < 4.78 is 56.3. The zero-order valence-corrected chi connectivity index (χ0v) is 13.2. The fourth-order valence-electron chi connectivity index (χ4n) is 3.45. The number of hydrogen-bond donors (Lipinski definition) is 0. The number of hydrogen-bond acceptors (Lipinski definition) is 0. The van der Waals surface area contributed by atoms with E-state index in [9.17, 15) is 17.6 Å². The molecule has 1 aliphatic rings. The highest BCUT2D eigenvalue weighted by Crippen LogP contribution is 2.37. The third-order valence-corrected chi connectivity index (χ3v) is 4.69. The van der Waals surface area contributed by atoms with Gasteiger partial charge in [0, 0.05) is 5.56 Å². The third kappa shape index (κ3) is 3.10. The Morgan fingerprint density at radius 2 is 1.75 bits per heavy atom. The summed E-state index contributed by atoms with van der Waals surface area (Å²) in [6, 6.07) is 5.32. The summed E-state index contributed by atoms with van der Waals surface area (Å²) in [6.45, 7) is 3.59. The third-order valence-electron chi connectivity index (χ3n) is 4.69. The molecule has 0 heterocycles. The van der Waals surface area contributed by atoms with Crippen molar-refractivity contribution in [3.63, 3.8) is 0 Å². The van der Waals surface area contributed by atoms with Crippen molar-refractivity contribution in [1.82, 2.24) is 0 Å². The molecular weight excluding hydrogens is 316 g/mol. The molecule has 2 aromatic carbocycles. The maximum Gasteiger partial charge on any atom is 0.162 e. The van der Waals surface area contributed by atoms with Crippen LogP contribution in [0.5, 0.6) is 0 Å². The topological polar surface area (TPSA) is 0 Å².